The van der Waals surface area contributed by atoms with E-state index >= 15 is 0 Å². The van der Waals surface area contributed by atoms with Crippen molar-refractivity contribution in [3.8, 4) is 11.5 Å². The van der Waals surface area contributed by atoms with Gasteiger partial charge < -0.3 is 14.8 Å². The second-order valence-electron chi connectivity index (χ2n) is 5.61. The van der Waals surface area contributed by atoms with E-state index in [4.69, 9.17) is 26.2 Å². The standard InChI is InChI=1S/C17H17ClN4O4S/c1-25-14-7-12-13(8-15(14)26-2)21-17(18)22-16(12)20-9-10-3-5-11(6-4-10)27(19,23)24/h3-8H,9H2,1-2H3,(H2,19,23,24)(H,20,21,22). The summed E-state index contributed by atoms with van der Waals surface area (Å²) in [5.41, 5.74) is 1.44. The summed E-state index contributed by atoms with van der Waals surface area (Å²) in [5.74, 6) is 1.59. The summed E-state index contributed by atoms with van der Waals surface area (Å²) < 4.78 is 33.3. The van der Waals surface area contributed by atoms with E-state index in [1.807, 2.05) is 0 Å². The summed E-state index contributed by atoms with van der Waals surface area (Å²) in [4.78, 5) is 8.50. The molecular weight excluding hydrogens is 392 g/mol. The first-order valence-corrected chi connectivity index (χ1v) is 9.69. The number of halogens is 1. The fourth-order valence-electron chi connectivity index (χ4n) is 2.54. The molecule has 3 N–H and O–H groups in total. The molecule has 0 fully saturated rings. The lowest BCUT2D eigenvalue weighted by atomic mass is 10.2. The second kappa shape index (κ2) is 7.55. The number of nitrogens with one attached hydrogen (secondary N) is 1. The van der Waals surface area contributed by atoms with Gasteiger partial charge in [0.2, 0.25) is 15.3 Å². The molecule has 1 aromatic heterocycles. The summed E-state index contributed by atoms with van der Waals surface area (Å²) >= 11 is 6.03. The Morgan fingerprint density at radius 3 is 2.30 bits per heavy atom. The molecule has 27 heavy (non-hydrogen) atoms. The number of anilines is 1. The van der Waals surface area contributed by atoms with Crippen molar-refractivity contribution in [3.63, 3.8) is 0 Å². The van der Waals surface area contributed by atoms with Gasteiger partial charge in [0.05, 0.1) is 24.6 Å². The number of nitrogens with two attached hydrogens (primary N) is 1. The summed E-state index contributed by atoms with van der Waals surface area (Å²) in [5, 5.41) is 9.08. The van der Waals surface area contributed by atoms with Gasteiger partial charge in [0.15, 0.2) is 11.5 Å². The predicted octanol–water partition coefficient (Wildman–Crippen LogP) is 2.56. The molecule has 3 aromatic rings. The van der Waals surface area contributed by atoms with Crippen LogP contribution in [0.4, 0.5) is 5.82 Å². The minimum absolute atomic E-state index is 0.0543. The van der Waals surface area contributed by atoms with Gasteiger partial charge in [-0.05, 0) is 35.4 Å². The number of ether oxygens (including phenoxy) is 2. The van der Waals surface area contributed by atoms with Crippen molar-refractivity contribution in [1.29, 1.82) is 0 Å². The molecule has 3 rings (SSSR count). The van der Waals surface area contributed by atoms with Gasteiger partial charge in [0.1, 0.15) is 5.82 Å². The van der Waals surface area contributed by atoms with E-state index in [0.717, 1.165) is 5.56 Å². The van der Waals surface area contributed by atoms with E-state index in [0.29, 0.717) is 34.8 Å². The maximum atomic E-state index is 11.3. The first-order chi connectivity index (χ1) is 12.8. The lowest BCUT2D eigenvalue weighted by Crippen LogP contribution is -2.12. The van der Waals surface area contributed by atoms with Gasteiger partial charge in [-0.25, -0.2) is 23.5 Å². The van der Waals surface area contributed by atoms with Crippen molar-refractivity contribution in [1.82, 2.24) is 9.97 Å². The Kier molecular flexibility index (Phi) is 5.36. The van der Waals surface area contributed by atoms with Crippen molar-refractivity contribution < 1.29 is 17.9 Å². The maximum Gasteiger partial charge on any atom is 0.238 e. The molecule has 142 valence electrons. The number of primary sulfonamides is 1. The molecule has 1 heterocycles. The number of sulfonamides is 1. The van der Waals surface area contributed by atoms with E-state index in [2.05, 4.69) is 15.3 Å². The van der Waals surface area contributed by atoms with Crippen LogP contribution in [0, 0.1) is 0 Å². The quantitative estimate of drug-likeness (QED) is 0.602. The average Bonchev–Trinajstić information content (AvgIpc) is 2.64. The molecule has 0 saturated heterocycles. The van der Waals surface area contributed by atoms with E-state index in [1.54, 1.807) is 31.4 Å². The van der Waals surface area contributed by atoms with Crippen LogP contribution in [0.15, 0.2) is 41.3 Å². The number of benzene rings is 2. The van der Waals surface area contributed by atoms with E-state index in [9.17, 15) is 8.42 Å². The highest BCUT2D eigenvalue weighted by molar-refractivity contribution is 7.89. The van der Waals surface area contributed by atoms with E-state index in [-0.39, 0.29) is 10.2 Å². The van der Waals surface area contributed by atoms with Crippen LogP contribution in [0.25, 0.3) is 10.9 Å². The molecule has 0 spiro atoms. The molecule has 0 bridgehead atoms. The van der Waals surface area contributed by atoms with Crippen LogP contribution in [-0.2, 0) is 16.6 Å². The third kappa shape index (κ3) is 4.21. The fourth-order valence-corrected chi connectivity index (χ4v) is 3.24. The Morgan fingerprint density at radius 2 is 1.70 bits per heavy atom. The average molecular weight is 409 g/mol. The maximum absolute atomic E-state index is 11.3. The molecule has 0 aliphatic carbocycles. The highest BCUT2D eigenvalue weighted by atomic mass is 35.5. The molecule has 0 atom stereocenters. The Labute approximate surface area is 161 Å². The smallest absolute Gasteiger partial charge is 0.238 e. The van der Waals surface area contributed by atoms with Crippen molar-refractivity contribution in [2.75, 3.05) is 19.5 Å². The first-order valence-electron chi connectivity index (χ1n) is 7.76. The number of fused-ring (bicyclic) bond motifs is 1. The molecule has 0 saturated carbocycles. The van der Waals surface area contributed by atoms with Crippen LogP contribution in [0.5, 0.6) is 11.5 Å². The molecule has 0 unspecified atom stereocenters. The van der Waals surface area contributed by atoms with Crippen LogP contribution >= 0.6 is 11.6 Å². The number of methoxy groups -OCH3 is 2. The lowest BCUT2D eigenvalue weighted by Gasteiger charge is -2.13. The van der Waals surface area contributed by atoms with E-state index in [1.165, 1.54) is 19.2 Å². The fraction of sp³-hybridized carbons (Fsp3) is 0.176. The molecular formula is C17H17ClN4O4S. The SMILES string of the molecule is COc1cc2nc(Cl)nc(NCc3ccc(S(N)(=O)=O)cc3)c2cc1OC. The normalized spacial score (nSPS) is 11.4. The number of rotatable bonds is 6. The lowest BCUT2D eigenvalue weighted by molar-refractivity contribution is 0.356. The number of aromatic nitrogens is 2. The van der Waals surface area contributed by atoms with Gasteiger partial charge in [-0.1, -0.05) is 12.1 Å². The summed E-state index contributed by atoms with van der Waals surface area (Å²) in [6.45, 7) is 0.391. The molecule has 0 aliphatic rings. The molecule has 2 aromatic carbocycles. The number of nitrogens with zero attached hydrogens (tertiary/aromatic N) is 2. The topological polar surface area (TPSA) is 116 Å². The molecule has 0 aliphatic heterocycles. The van der Waals surface area contributed by atoms with Crippen LogP contribution < -0.4 is 19.9 Å². The van der Waals surface area contributed by atoms with Gasteiger partial charge >= 0.3 is 0 Å². The zero-order chi connectivity index (χ0) is 19.6. The zero-order valence-corrected chi connectivity index (χ0v) is 16.1. The minimum Gasteiger partial charge on any atom is -0.493 e. The first kappa shape index (κ1) is 19.2. The third-order valence-corrected chi connectivity index (χ3v) is 4.98. The molecule has 0 radical (unpaired) electrons. The monoisotopic (exact) mass is 408 g/mol. The Bertz CT molecular complexity index is 1090. The minimum atomic E-state index is -3.72. The largest absolute Gasteiger partial charge is 0.493 e. The Balaban J connectivity index is 1.92. The van der Waals surface area contributed by atoms with Gasteiger partial charge in [0.25, 0.3) is 0 Å². The highest BCUT2D eigenvalue weighted by Gasteiger charge is 2.13. The molecule has 10 heteroatoms. The van der Waals surface area contributed by atoms with Crippen molar-refractivity contribution >= 4 is 38.3 Å². The van der Waals surface area contributed by atoms with Gasteiger partial charge in [-0.15, -0.1) is 0 Å². The number of hydrogen-bond acceptors (Lipinski definition) is 7. The highest BCUT2D eigenvalue weighted by Crippen LogP contribution is 2.34. The van der Waals surface area contributed by atoms with Gasteiger partial charge in [-0.2, -0.15) is 0 Å². The van der Waals surface area contributed by atoms with Crippen molar-refractivity contribution in [2.24, 2.45) is 5.14 Å². The molecule has 8 nitrogen and oxygen atoms in total. The predicted molar refractivity (Wildman–Crippen MR) is 103 cm³/mol. The molecule has 0 amide bonds. The van der Waals surface area contributed by atoms with Crippen molar-refractivity contribution in [2.45, 2.75) is 11.4 Å². The van der Waals surface area contributed by atoms with Gasteiger partial charge in [-0.3, -0.25) is 0 Å². The van der Waals surface area contributed by atoms with Crippen LogP contribution in [0.3, 0.4) is 0 Å². The number of hydrogen-bond donors (Lipinski definition) is 2. The third-order valence-electron chi connectivity index (χ3n) is 3.89. The van der Waals surface area contributed by atoms with Crippen LogP contribution in [0.1, 0.15) is 5.56 Å². The van der Waals surface area contributed by atoms with Gasteiger partial charge in [0, 0.05) is 18.0 Å². The van der Waals surface area contributed by atoms with Crippen LogP contribution in [-0.4, -0.2) is 32.6 Å². The second-order valence-corrected chi connectivity index (χ2v) is 7.51. The Hall–Kier alpha value is -2.62. The summed E-state index contributed by atoms with van der Waals surface area (Å²) in [7, 11) is -0.639. The Morgan fingerprint density at radius 1 is 1.07 bits per heavy atom. The summed E-state index contributed by atoms with van der Waals surface area (Å²) in [6, 6.07) is 9.71. The van der Waals surface area contributed by atoms with Crippen LogP contribution in [0.2, 0.25) is 5.28 Å². The summed E-state index contributed by atoms with van der Waals surface area (Å²) in [6.07, 6.45) is 0. The zero-order valence-electron chi connectivity index (χ0n) is 14.6. The van der Waals surface area contributed by atoms with Crippen molar-refractivity contribution in [3.05, 3.63) is 47.2 Å². The van der Waals surface area contributed by atoms with E-state index < -0.39 is 10.0 Å².